The first-order chi connectivity index (χ1) is 10.4. The van der Waals surface area contributed by atoms with Crippen molar-refractivity contribution in [2.24, 2.45) is 0 Å². The molecule has 1 N–H and O–H groups in total. The van der Waals surface area contributed by atoms with Gasteiger partial charge in [-0.2, -0.15) is 0 Å². The predicted molar refractivity (Wildman–Crippen MR) is 93.5 cm³/mol. The van der Waals surface area contributed by atoms with Gasteiger partial charge in [-0.3, -0.25) is 10.1 Å². The Hall–Kier alpha value is -1.62. The summed E-state index contributed by atoms with van der Waals surface area (Å²) in [5.41, 5.74) is 3.25. The lowest BCUT2D eigenvalue weighted by atomic mass is 10.1. The van der Waals surface area contributed by atoms with Gasteiger partial charge in [-0.1, -0.05) is 52.2 Å². The van der Waals surface area contributed by atoms with Gasteiger partial charge >= 0.3 is 0 Å². The van der Waals surface area contributed by atoms with Gasteiger partial charge in [-0.25, -0.2) is 4.98 Å². The van der Waals surface area contributed by atoms with E-state index in [-0.39, 0.29) is 5.91 Å². The van der Waals surface area contributed by atoms with Gasteiger partial charge in [0.25, 0.3) is 5.91 Å². The maximum absolute atomic E-state index is 12.4. The maximum atomic E-state index is 12.4. The van der Waals surface area contributed by atoms with E-state index in [4.69, 9.17) is 23.2 Å². The largest absolute Gasteiger partial charge is 0.298 e. The number of rotatable bonds is 2. The van der Waals surface area contributed by atoms with Crippen LogP contribution in [-0.2, 0) is 0 Å². The summed E-state index contributed by atoms with van der Waals surface area (Å²) in [6.45, 7) is 3.86. The number of fused-ring (bicyclic) bond motifs is 1. The van der Waals surface area contributed by atoms with Gasteiger partial charge in [0.1, 0.15) is 5.52 Å². The quantitative estimate of drug-likeness (QED) is 0.665. The smallest absolute Gasteiger partial charge is 0.257 e. The Kier molecular flexibility index (Phi) is 4.08. The topological polar surface area (TPSA) is 42.0 Å². The first-order valence-corrected chi connectivity index (χ1v) is 8.15. The van der Waals surface area contributed by atoms with Gasteiger partial charge in [0.15, 0.2) is 5.13 Å². The summed E-state index contributed by atoms with van der Waals surface area (Å²) in [6, 6.07) is 9.20. The van der Waals surface area contributed by atoms with Crippen LogP contribution in [0.25, 0.3) is 10.2 Å². The minimum Gasteiger partial charge on any atom is -0.298 e. The lowest BCUT2D eigenvalue weighted by Gasteiger charge is -2.06. The highest BCUT2D eigenvalue weighted by Crippen LogP contribution is 2.33. The third-order valence-electron chi connectivity index (χ3n) is 3.27. The molecule has 112 valence electrons. The number of carbonyl (C=O) groups excluding carboxylic acids is 1. The van der Waals surface area contributed by atoms with Gasteiger partial charge in [-0.05, 0) is 37.6 Å². The first-order valence-electron chi connectivity index (χ1n) is 6.58. The second-order valence-electron chi connectivity index (χ2n) is 5.03. The van der Waals surface area contributed by atoms with E-state index in [1.165, 1.54) is 11.3 Å². The molecule has 3 aromatic rings. The minimum atomic E-state index is -0.178. The molecule has 0 saturated carbocycles. The van der Waals surface area contributed by atoms with Crippen molar-refractivity contribution in [2.75, 3.05) is 5.32 Å². The molecule has 0 unspecified atom stereocenters. The summed E-state index contributed by atoms with van der Waals surface area (Å²) in [5, 5.41) is 4.36. The molecule has 0 radical (unpaired) electrons. The van der Waals surface area contributed by atoms with Crippen LogP contribution in [0.5, 0.6) is 0 Å². The Bertz CT molecular complexity index is 889. The van der Waals surface area contributed by atoms with Crippen molar-refractivity contribution in [3.8, 4) is 0 Å². The number of hydrogen-bond donors (Lipinski definition) is 1. The predicted octanol–water partition coefficient (Wildman–Crippen LogP) is 5.47. The first kappa shape index (κ1) is 15.3. The molecule has 1 heterocycles. The van der Waals surface area contributed by atoms with Crippen molar-refractivity contribution in [3.63, 3.8) is 0 Å². The Morgan fingerprint density at radius 1 is 1.18 bits per heavy atom. The zero-order valence-electron chi connectivity index (χ0n) is 11.9. The van der Waals surface area contributed by atoms with Crippen molar-refractivity contribution in [1.29, 1.82) is 0 Å². The van der Waals surface area contributed by atoms with E-state index >= 15 is 0 Å². The van der Waals surface area contributed by atoms with Crippen LogP contribution in [0.4, 0.5) is 5.13 Å². The molecule has 1 aromatic heterocycles. The molecule has 0 aliphatic rings. The molecule has 0 aliphatic carbocycles. The van der Waals surface area contributed by atoms with Crippen molar-refractivity contribution >= 4 is 55.8 Å². The van der Waals surface area contributed by atoms with Crippen LogP contribution in [0.1, 0.15) is 21.5 Å². The summed E-state index contributed by atoms with van der Waals surface area (Å²) < 4.78 is 0.841. The molecule has 6 heteroatoms. The normalized spacial score (nSPS) is 10.9. The number of nitrogens with one attached hydrogen (secondary N) is 1. The van der Waals surface area contributed by atoms with Crippen LogP contribution in [0.3, 0.4) is 0 Å². The molecule has 0 saturated heterocycles. The molecule has 0 aliphatic heterocycles. The zero-order valence-corrected chi connectivity index (χ0v) is 14.2. The molecule has 0 atom stereocenters. The maximum Gasteiger partial charge on any atom is 0.257 e. The van der Waals surface area contributed by atoms with Crippen LogP contribution in [0.2, 0.25) is 10.0 Å². The molecule has 0 fully saturated rings. The number of nitrogens with zero attached hydrogens (tertiary/aromatic N) is 1. The fourth-order valence-corrected chi connectivity index (χ4v) is 3.74. The fraction of sp³-hybridized carbons (Fsp3) is 0.125. The second-order valence-corrected chi connectivity index (χ2v) is 6.90. The Labute approximate surface area is 141 Å². The molecule has 1 amide bonds. The molecule has 0 bridgehead atoms. The third-order valence-corrected chi connectivity index (χ3v) is 4.70. The van der Waals surface area contributed by atoms with Crippen LogP contribution in [-0.4, -0.2) is 10.9 Å². The Morgan fingerprint density at radius 2 is 1.95 bits per heavy atom. The lowest BCUT2D eigenvalue weighted by Crippen LogP contribution is -2.13. The van der Waals surface area contributed by atoms with Crippen molar-refractivity contribution < 1.29 is 4.79 Å². The van der Waals surface area contributed by atoms with Crippen molar-refractivity contribution in [2.45, 2.75) is 13.8 Å². The summed E-state index contributed by atoms with van der Waals surface area (Å²) in [6.07, 6.45) is 0. The minimum absolute atomic E-state index is 0.178. The van der Waals surface area contributed by atoms with Crippen LogP contribution in [0.15, 0.2) is 30.3 Å². The number of thiazole rings is 1. The highest BCUT2D eigenvalue weighted by atomic mass is 35.5. The number of amides is 1. The number of carbonyl (C=O) groups is 1. The Balaban J connectivity index is 1.94. The van der Waals surface area contributed by atoms with E-state index in [1.807, 2.05) is 32.0 Å². The SMILES string of the molecule is Cc1ccc(C)c(C(=O)Nc2nc3c(Cl)cc(Cl)cc3s2)c1. The highest BCUT2D eigenvalue weighted by molar-refractivity contribution is 7.22. The molecule has 3 nitrogen and oxygen atoms in total. The number of hydrogen-bond acceptors (Lipinski definition) is 3. The molecular formula is C16H12Cl2N2OS. The monoisotopic (exact) mass is 350 g/mol. The standard InChI is InChI=1S/C16H12Cl2N2OS/c1-8-3-4-9(2)11(5-8)15(21)20-16-19-14-12(18)6-10(17)7-13(14)22-16/h3-7H,1-2H3,(H,19,20,21). The van der Waals surface area contributed by atoms with Crippen LogP contribution >= 0.6 is 34.5 Å². The number of anilines is 1. The number of halogens is 2. The fourth-order valence-electron chi connectivity index (χ4n) is 2.16. The lowest BCUT2D eigenvalue weighted by molar-refractivity contribution is 0.102. The van der Waals surface area contributed by atoms with Gasteiger partial charge in [0.2, 0.25) is 0 Å². The van der Waals surface area contributed by atoms with Crippen molar-refractivity contribution in [3.05, 3.63) is 57.1 Å². The number of aromatic nitrogens is 1. The average Bonchev–Trinajstić information content (AvgIpc) is 2.84. The van der Waals surface area contributed by atoms with E-state index in [1.54, 1.807) is 12.1 Å². The van der Waals surface area contributed by atoms with Crippen molar-refractivity contribution in [1.82, 2.24) is 4.98 Å². The highest BCUT2D eigenvalue weighted by Gasteiger charge is 2.14. The summed E-state index contributed by atoms with van der Waals surface area (Å²) in [7, 11) is 0. The zero-order chi connectivity index (χ0) is 15.9. The summed E-state index contributed by atoms with van der Waals surface area (Å²) >= 11 is 13.4. The summed E-state index contributed by atoms with van der Waals surface area (Å²) in [5.74, 6) is -0.178. The van der Waals surface area contributed by atoms with E-state index in [0.717, 1.165) is 15.8 Å². The molecule has 22 heavy (non-hydrogen) atoms. The molecule has 3 rings (SSSR count). The molecule has 2 aromatic carbocycles. The van der Waals surface area contributed by atoms with Gasteiger partial charge in [-0.15, -0.1) is 0 Å². The summed E-state index contributed by atoms with van der Waals surface area (Å²) in [4.78, 5) is 16.8. The molecular weight excluding hydrogens is 339 g/mol. The van der Waals surface area contributed by atoms with E-state index in [9.17, 15) is 4.79 Å². The third kappa shape index (κ3) is 2.95. The average molecular weight is 351 g/mol. The second kappa shape index (κ2) is 5.88. The molecule has 0 spiro atoms. The van der Waals surface area contributed by atoms with Gasteiger partial charge in [0, 0.05) is 10.6 Å². The van der Waals surface area contributed by atoms with Gasteiger partial charge < -0.3 is 0 Å². The number of benzene rings is 2. The van der Waals surface area contributed by atoms with Gasteiger partial charge in [0.05, 0.1) is 9.72 Å². The van der Waals surface area contributed by atoms with E-state index in [2.05, 4.69) is 10.3 Å². The Morgan fingerprint density at radius 3 is 2.73 bits per heavy atom. The van der Waals surface area contributed by atoms with E-state index < -0.39 is 0 Å². The van der Waals surface area contributed by atoms with E-state index in [0.29, 0.717) is 26.3 Å². The van der Waals surface area contributed by atoms with Crippen LogP contribution in [0, 0.1) is 13.8 Å². The van der Waals surface area contributed by atoms with Crippen LogP contribution < -0.4 is 5.32 Å². The number of aryl methyl sites for hydroxylation is 2.